The fourth-order valence-electron chi connectivity index (χ4n) is 5.26. The lowest BCUT2D eigenvalue weighted by Crippen LogP contribution is -2.34. The van der Waals surface area contributed by atoms with Crippen LogP contribution in [0.25, 0.3) is 22.9 Å². The molecule has 36 heavy (non-hydrogen) atoms. The number of halogens is 1. The van der Waals surface area contributed by atoms with Crippen LogP contribution in [-0.4, -0.2) is 33.0 Å². The summed E-state index contributed by atoms with van der Waals surface area (Å²) in [6.07, 6.45) is 12.2. The third-order valence-electron chi connectivity index (χ3n) is 7.25. The Morgan fingerprint density at radius 1 is 1.00 bits per heavy atom. The molecule has 3 heterocycles. The fourth-order valence-corrected chi connectivity index (χ4v) is 5.26. The number of allylic oxidation sites excluding steroid dienone is 1. The van der Waals surface area contributed by atoms with Gasteiger partial charge in [-0.25, -0.2) is 19.3 Å². The van der Waals surface area contributed by atoms with Crippen LogP contribution in [-0.2, 0) is 6.42 Å². The fraction of sp³-hybridized carbons (Fsp3) is 0.233. The third kappa shape index (κ3) is 4.07. The number of imidazole rings is 1. The van der Waals surface area contributed by atoms with Gasteiger partial charge in [0.1, 0.15) is 23.8 Å². The number of aromatic amines is 1. The summed E-state index contributed by atoms with van der Waals surface area (Å²) in [5.41, 5.74) is 8.33. The molecule has 6 heteroatoms. The highest BCUT2D eigenvalue weighted by Gasteiger charge is 2.28. The molecule has 178 valence electrons. The van der Waals surface area contributed by atoms with Crippen molar-refractivity contribution in [3.8, 4) is 23.6 Å². The average Bonchev–Trinajstić information content (AvgIpc) is 3.53. The van der Waals surface area contributed by atoms with Gasteiger partial charge >= 0.3 is 0 Å². The molecule has 1 fully saturated rings. The first-order valence-electron chi connectivity index (χ1n) is 12.3. The molecule has 1 aliphatic carbocycles. The van der Waals surface area contributed by atoms with Crippen molar-refractivity contribution >= 4 is 17.5 Å². The number of H-pyrrole nitrogens is 1. The van der Waals surface area contributed by atoms with Gasteiger partial charge in [0.2, 0.25) is 0 Å². The molecular weight excluding hydrogens is 449 g/mol. The minimum absolute atomic E-state index is 0.237. The van der Waals surface area contributed by atoms with Crippen LogP contribution in [0.5, 0.6) is 0 Å². The quantitative estimate of drug-likeness (QED) is 0.381. The van der Waals surface area contributed by atoms with Crippen LogP contribution in [0.3, 0.4) is 0 Å². The van der Waals surface area contributed by atoms with E-state index >= 15 is 0 Å². The van der Waals surface area contributed by atoms with E-state index in [0.717, 1.165) is 77.8 Å². The van der Waals surface area contributed by atoms with E-state index in [4.69, 9.17) is 11.4 Å². The highest BCUT2D eigenvalue weighted by atomic mass is 19.1. The maximum Gasteiger partial charge on any atom is 0.139 e. The number of hydrogen-bond donors (Lipinski definition) is 1. The van der Waals surface area contributed by atoms with Crippen LogP contribution in [0, 0.1) is 25.1 Å². The van der Waals surface area contributed by atoms with E-state index in [1.165, 1.54) is 23.3 Å². The van der Waals surface area contributed by atoms with Crippen LogP contribution < -0.4 is 4.90 Å². The molecule has 4 aromatic rings. The summed E-state index contributed by atoms with van der Waals surface area (Å²) in [5, 5.41) is 0. The second-order valence-electron chi connectivity index (χ2n) is 9.49. The number of benzene rings is 2. The molecule has 6 rings (SSSR count). The topological polar surface area (TPSA) is 57.7 Å². The number of terminal acetylenes is 1. The standard InChI is InChI=1S/C30H26FN5/c1-3-20-4-6-21(7-5-20)24-16-26-27(17-24)32-18-33-30(26)36-14-12-23(13-15-36)29-34-19(2)28(35-29)22-8-10-25(31)11-9-22/h1,4-11,16,18,23H,12-15,17H2,2H3,(H,34,35). The molecule has 0 radical (unpaired) electrons. The normalized spacial score (nSPS) is 15.5. The zero-order chi connectivity index (χ0) is 24.6. The largest absolute Gasteiger partial charge is 0.356 e. The lowest BCUT2D eigenvalue weighted by Gasteiger charge is -2.32. The van der Waals surface area contributed by atoms with E-state index in [1.807, 2.05) is 19.1 Å². The van der Waals surface area contributed by atoms with E-state index in [2.05, 4.69) is 44.0 Å². The Kier molecular flexibility index (Phi) is 5.61. The van der Waals surface area contributed by atoms with E-state index in [-0.39, 0.29) is 5.82 Å². The van der Waals surface area contributed by atoms with Crippen LogP contribution in [0.4, 0.5) is 10.2 Å². The minimum Gasteiger partial charge on any atom is -0.356 e. The Morgan fingerprint density at radius 3 is 2.44 bits per heavy atom. The maximum atomic E-state index is 13.3. The second-order valence-corrected chi connectivity index (χ2v) is 9.49. The summed E-state index contributed by atoms with van der Waals surface area (Å²) in [7, 11) is 0. The van der Waals surface area contributed by atoms with Gasteiger partial charge < -0.3 is 9.88 Å². The molecular formula is C30H26FN5. The van der Waals surface area contributed by atoms with Crippen LogP contribution in [0.2, 0.25) is 0 Å². The van der Waals surface area contributed by atoms with Crippen molar-refractivity contribution in [2.75, 3.05) is 18.0 Å². The molecule has 5 nitrogen and oxygen atoms in total. The van der Waals surface area contributed by atoms with E-state index < -0.39 is 0 Å². The maximum absolute atomic E-state index is 13.3. The summed E-state index contributed by atoms with van der Waals surface area (Å²) in [4.78, 5) is 20.0. The van der Waals surface area contributed by atoms with Gasteiger partial charge in [0.25, 0.3) is 0 Å². The molecule has 0 spiro atoms. The van der Waals surface area contributed by atoms with Gasteiger partial charge in [0.15, 0.2) is 0 Å². The highest BCUT2D eigenvalue weighted by Crippen LogP contribution is 2.37. The summed E-state index contributed by atoms with van der Waals surface area (Å²) in [6.45, 7) is 3.83. The van der Waals surface area contributed by atoms with Gasteiger partial charge in [0, 0.05) is 47.8 Å². The van der Waals surface area contributed by atoms with Gasteiger partial charge in [-0.2, -0.15) is 0 Å². The van der Waals surface area contributed by atoms with Gasteiger partial charge in [-0.15, -0.1) is 6.42 Å². The molecule has 1 N–H and O–H groups in total. The summed E-state index contributed by atoms with van der Waals surface area (Å²) in [5.74, 6) is 4.81. The Morgan fingerprint density at radius 2 is 1.72 bits per heavy atom. The van der Waals surface area contributed by atoms with E-state index in [0.29, 0.717) is 5.92 Å². The Bertz CT molecular complexity index is 1480. The number of aryl methyl sites for hydroxylation is 1. The Balaban J connectivity index is 1.19. The third-order valence-corrected chi connectivity index (χ3v) is 7.25. The number of piperidine rings is 1. The number of rotatable bonds is 4. The van der Waals surface area contributed by atoms with Gasteiger partial charge in [-0.05, 0) is 73.4 Å². The molecule has 0 saturated carbocycles. The second kappa shape index (κ2) is 9.09. The monoisotopic (exact) mass is 475 g/mol. The van der Waals surface area contributed by atoms with E-state index in [1.54, 1.807) is 18.5 Å². The SMILES string of the molecule is C#Cc1ccc(C2=Cc3c(ncnc3N3CCC(c4nc(-c5ccc(F)cc5)c(C)[nH]4)CC3)C2)cc1. The summed E-state index contributed by atoms with van der Waals surface area (Å²) < 4.78 is 13.3. The lowest BCUT2D eigenvalue weighted by atomic mass is 9.96. The molecule has 2 aromatic carbocycles. The van der Waals surface area contributed by atoms with Crippen molar-refractivity contribution < 1.29 is 4.39 Å². The smallest absolute Gasteiger partial charge is 0.139 e. The Hall–Kier alpha value is -4.24. The first kappa shape index (κ1) is 22.2. The summed E-state index contributed by atoms with van der Waals surface area (Å²) >= 11 is 0. The van der Waals surface area contributed by atoms with E-state index in [9.17, 15) is 4.39 Å². The predicted octanol–water partition coefficient (Wildman–Crippen LogP) is 5.78. The van der Waals surface area contributed by atoms with Gasteiger partial charge in [-0.1, -0.05) is 18.1 Å². The number of fused-ring (bicyclic) bond motifs is 1. The average molecular weight is 476 g/mol. The first-order chi connectivity index (χ1) is 17.6. The predicted molar refractivity (Wildman–Crippen MR) is 141 cm³/mol. The van der Waals surface area contributed by atoms with Crippen molar-refractivity contribution in [1.82, 2.24) is 19.9 Å². The molecule has 0 bridgehead atoms. The molecule has 1 saturated heterocycles. The number of hydrogen-bond acceptors (Lipinski definition) is 4. The molecule has 0 unspecified atom stereocenters. The highest BCUT2D eigenvalue weighted by molar-refractivity contribution is 5.91. The first-order valence-corrected chi connectivity index (χ1v) is 12.3. The number of nitrogens with zero attached hydrogens (tertiary/aromatic N) is 4. The van der Waals surface area contributed by atoms with Crippen molar-refractivity contribution in [2.45, 2.75) is 32.1 Å². The zero-order valence-electron chi connectivity index (χ0n) is 20.1. The lowest BCUT2D eigenvalue weighted by molar-refractivity contribution is 0.486. The molecule has 2 aliphatic rings. The summed E-state index contributed by atoms with van der Waals surface area (Å²) in [6, 6.07) is 14.6. The number of nitrogens with one attached hydrogen (secondary N) is 1. The van der Waals surface area contributed by atoms with Crippen LogP contribution >= 0.6 is 0 Å². The minimum atomic E-state index is -0.237. The van der Waals surface area contributed by atoms with Crippen molar-refractivity contribution in [1.29, 1.82) is 0 Å². The molecule has 2 aromatic heterocycles. The van der Waals surface area contributed by atoms with Gasteiger partial charge in [-0.3, -0.25) is 0 Å². The molecule has 0 atom stereocenters. The van der Waals surface area contributed by atoms with Crippen LogP contribution in [0.15, 0.2) is 54.9 Å². The van der Waals surface area contributed by atoms with Crippen molar-refractivity contribution in [3.63, 3.8) is 0 Å². The van der Waals surface area contributed by atoms with Gasteiger partial charge in [0.05, 0.1) is 11.4 Å². The zero-order valence-corrected chi connectivity index (χ0v) is 20.1. The molecule has 1 aliphatic heterocycles. The van der Waals surface area contributed by atoms with Crippen LogP contribution in [0.1, 0.15) is 52.7 Å². The number of anilines is 1. The van der Waals surface area contributed by atoms with Crippen molar-refractivity contribution in [2.24, 2.45) is 0 Å². The Labute approximate surface area is 210 Å². The molecule has 0 amide bonds. The van der Waals surface area contributed by atoms with Crippen molar-refractivity contribution in [3.05, 3.63) is 94.6 Å². The number of aromatic nitrogens is 4.